The van der Waals surface area contributed by atoms with Crippen LogP contribution < -0.4 is 9.46 Å². The normalized spacial score (nSPS) is 14.7. The Kier molecular flexibility index (Phi) is 11.4. The van der Waals surface area contributed by atoms with E-state index in [2.05, 4.69) is 11.6 Å². The summed E-state index contributed by atoms with van der Waals surface area (Å²) < 4.78 is 36.0. The topological polar surface area (TPSA) is 139 Å². The number of nitrogens with one attached hydrogen (secondary N) is 1. The molecule has 1 saturated heterocycles. The van der Waals surface area contributed by atoms with E-state index in [-0.39, 0.29) is 22.6 Å². The van der Waals surface area contributed by atoms with Gasteiger partial charge in [0.15, 0.2) is 6.17 Å². The van der Waals surface area contributed by atoms with E-state index in [9.17, 15) is 28.1 Å². The number of nitrogens with zero attached hydrogens (tertiary/aromatic N) is 3. The van der Waals surface area contributed by atoms with Crippen LogP contribution in [0, 0.1) is 17.0 Å². The number of nitro groups is 1. The largest absolute Gasteiger partial charge is 0.493 e. The van der Waals surface area contributed by atoms with Crippen LogP contribution in [-0.2, 0) is 21.2 Å². The number of benzene rings is 4. The van der Waals surface area contributed by atoms with E-state index in [1.54, 1.807) is 60.7 Å². The molecule has 49 heavy (non-hydrogen) atoms. The number of rotatable bonds is 16. The molecule has 0 bridgehead atoms. The van der Waals surface area contributed by atoms with Crippen LogP contribution in [0.5, 0.6) is 5.75 Å². The Morgan fingerprint density at radius 2 is 1.51 bits per heavy atom. The minimum atomic E-state index is -4.15. The molecule has 0 radical (unpaired) electrons. The molecule has 4 aromatic carbocycles. The number of hydrazine groups is 1. The standard InChI is InChI=1S/C37H40N4O7S/c1-3-4-5-6-12-25-48-34-16-11-10-15-32(34)35-39(36(42)29-19-21-30(22-20-29)41(44)45)40(35)37(43)33(26-28-13-8-7-9-14-28)38-49(46,47)31-23-17-27(2)18-24-31/h7-11,13-24,33,35,38H,3-6,12,25-26H2,1-2H3/t33-,35-,39?,40?/m1/s1. The zero-order chi connectivity index (χ0) is 35.0. The molecule has 1 aliphatic heterocycles. The molecule has 0 aliphatic carbocycles. The number of nitro benzene ring substituents is 1. The Morgan fingerprint density at radius 1 is 0.857 bits per heavy atom. The first-order chi connectivity index (χ1) is 23.6. The van der Waals surface area contributed by atoms with Crippen molar-refractivity contribution in [2.24, 2.45) is 0 Å². The Balaban J connectivity index is 1.48. The highest BCUT2D eigenvalue weighted by Gasteiger charge is 2.56. The second-order valence-electron chi connectivity index (χ2n) is 12.0. The molecular weight excluding hydrogens is 644 g/mol. The number of carbonyl (C=O) groups excluding carboxylic acids is 2. The molecule has 1 fully saturated rings. The maximum Gasteiger partial charge on any atom is 0.274 e. The van der Waals surface area contributed by atoms with Gasteiger partial charge in [-0.25, -0.2) is 18.4 Å². The minimum Gasteiger partial charge on any atom is -0.493 e. The molecule has 0 spiro atoms. The lowest BCUT2D eigenvalue weighted by molar-refractivity contribution is -0.384. The number of amides is 2. The van der Waals surface area contributed by atoms with Crippen molar-refractivity contribution in [3.8, 4) is 5.75 Å². The average molecular weight is 685 g/mol. The predicted octanol–water partition coefficient (Wildman–Crippen LogP) is 6.74. The van der Waals surface area contributed by atoms with Gasteiger partial charge in [-0.3, -0.25) is 19.7 Å². The molecule has 11 nitrogen and oxygen atoms in total. The van der Waals surface area contributed by atoms with Crippen molar-refractivity contribution in [1.29, 1.82) is 0 Å². The number of unbranched alkanes of at least 4 members (excludes halogenated alkanes) is 4. The lowest BCUT2D eigenvalue weighted by Crippen LogP contribution is -2.46. The van der Waals surface area contributed by atoms with Crippen molar-refractivity contribution in [3.05, 3.63) is 135 Å². The lowest BCUT2D eigenvalue weighted by Gasteiger charge is -2.19. The van der Waals surface area contributed by atoms with Gasteiger partial charge in [-0.05, 0) is 55.7 Å². The van der Waals surface area contributed by atoms with E-state index >= 15 is 0 Å². The quantitative estimate of drug-likeness (QED) is 0.0597. The Bertz CT molecular complexity index is 1870. The molecule has 256 valence electrons. The number of para-hydroxylation sites is 1. The van der Waals surface area contributed by atoms with Crippen molar-refractivity contribution >= 4 is 27.5 Å². The van der Waals surface area contributed by atoms with Crippen LogP contribution in [0.2, 0.25) is 0 Å². The number of sulfonamides is 1. The molecule has 1 aliphatic rings. The van der Waals surface area contributed by atoms with Gasteiger partial charge >= 0.3 is 0 Å². The maximum absolute atomic E-state index is 14.5. The first-order valence-electron chi connectivity index (χ1n) is 16.4. The third-order valence-electron chi connectivity index (χ3n) is 8.31. The summed E-state index contributed by atoms with van der Waals surface area (Å²) in [6, 6.07) is 26.3. The fourth-order valence-corrected chi connectivity index (χ4v) is 6.79. The zero-order valence-electron chi connectivity index (χ0n) is 27.5. The van der Waals surface area contributed by atoms with Gasteiger partial charge in [0.1, 0.15) is 11.8 Å². The van der Waals surface area contributed by atoms with Crippen molar-refractivity contribution in [2.45, 2.75) is 69.5 Å². The minimum absolute atomic E-state index is 0.00260. The average Bonchev–Trinajstić information content (AvgIpc) is 3.85. The first-order valence-corrected chi connectivity index (χ1v) is 17.8. The summed E-state index contributed by atoms with van der Waals surface area (Å²) in [4.78, 5) is 39.1. The van der Waals surface area contributed by atoms with Gasteiger partial charge in [-0.15, -0.1) is 0 Å². The number of hydrogen-bond donors (Lipinski definition) is 1. The van der Waals surface area contributed by atoms with Crippen molar-refractivity contribution in [1.82, 2.24) is 14.7 Å². The second kappa shape index (κ2) is 15.9. The summed E-state index contributed by atoms with van der Waals surface area (Å²) in [6.07, 6.45) is 4.33. The van der Waals surface area contributed by atoms with Crippen molar-refractivity contribution in [2.75, 3.05) is 6.61 Å². The monoisotopic (exact) mass is 684 g/mol. The highest BCUT2D eigenvalue weighted by Crippen LogP contribution is 2.47. The fraction of sp³-hybridized carbons (Fsp3) is 0.297. The van der Waals surface area contributed by atoms with E-state index < -0.39 is 39.0 Å². The second-order valence-corrected chi connectivity index (χ2v) is 13.7. The highest BCUT2D eigenvalue weighted by molar-refractivity contribution is 7.89. The van der Waals surface area contributed by atoms with Crippen LogP contribution in [0.25, 0.3) is 0 Å². The Morgan fingerprint density at radius 3 is 2.18 bits per heavy atom. The van der Waals surface area contributed by atoms with Gasteiger partial charge in [0.2, 0.25) is 10.0 Å². The molecule has 2 amide bonds. The summed E-state index contributed by atoms with van der Waals surface area (Å²) in [5, 5.41) is 13.7. The number of ether oxygens (including phenoxy) is 1. The van der Waals surface area contributed by atoms with Gasteiger partial charge in [0.25, 0.3) is 17.5 Å². The summed E-state index contributed by atoms with van der Waals surface area (Å²) >= 11 is 0. The Labute approximate surface area is 286 Å². The predicted molar refractivity (Wildman–Crippen MR) is 185 cm³/mol. The van der Waals surface area contributed by atoms with E-state index in [0.29, 0.717) is 23.5 Å². The van der Waals surface area contributed by atoms with Crippen LogP contribution in [0.4, 0.5) is 5.69 Å². The molecule has 4 aromatic rings. The van der Waals surface area contributed by atoms with E-state index in [1.807, 2.05) is 13.0 Å². The molecule has 0 saturated carbocycles. The van der Waals surface area contributed by atoms with Gasteiger partial charge in [0.05, 0.1) is 16.4 Å². The third-order valence-corrected chi connectivity index (χ3v) is 9.80. The van der Waals surface area contributed by atoms with Crippen LogP contribution in [0.1, 0.15) is 72.2 Å². The number of carbonyl (C=O) groups is 2. The SMILES string of the molecule is CCCCCCCOc1ccccc1[C@@H]1N(C(=O)c2ccc([N+](=O)[O-])cc2)N1C(=O)[C@@H](Cc1ccccc1)NS(=O)(=O)c1ccc(C)cc1. The van der Waals surface area contributed by atoms with Crippen LogP contribution in [-0.4, -0.2) is 47.8 Å². The molecule has 2 atom stereocenters. The number of non-ortho nitro benzene ring substituents is 1. The zero-order valence-corrected chi connectivity index (χ0v) is 28.3. The molecule has 12 heteroatoms. The van der Waals surface area contributed by atoms with Gasteiger partial charge in [0, 0.05) is 23.3 Å². The van der Waals surface area contributed by atoms with Crippen molar-refractivity contribution in [3.63, 3.8) is 0 Å². The molecule has 0 unspecified atom stereocenters. The van der Waals surface area contributed by atoms with Crippen LogP contribution in [0.15, 0.2) is 108 Å². The van der Waals surface area contributed by atoms with E-state index in [4.69, 9.17) is 4.74 Å². The summed E-state index contributed by atoms with van der Waals surface area (Å²) in [5.74, 6) is -0.726. The number of aryl methyl sites for hydroxylation is 1. The van der Waals surface area contributed by atoms with E-state index in [0.717, 1.165) is 37.7 Å². The van der Waals surface area contributed by atoms with Crippen LogP contribution >= 0.6 is 0 Å². The van der Waals surface area contributed by atoms with Gasteiger partial charge in [-0.2, -0.15) is 4.72 Å². The molecule has 1 N–H and O–H groups in total. The van der Waals surface area contributed by atoms with Gasteiger partial charge < -0.3 is 4.74 Å². The Hall–Kier alpha value is -5.07. The first kappa shape index (κ1) is 35.2. The van der Waals surface area contributed by atoms with E-state index in [1.165, 1.54) is 46.4 Å². The summed E-state index contributed by atoms with van der Waals surface area (Å²) in [6.45, 7) is 4.44. The molecule has 0 aromatic heterocycles. The molecular formula is C37H40N4O7S. The fourth-order valence-electron chi connectivity index (χ4n) is 5.60. The summed E-state index contributed by atoms with van der Waals surface area (Å²) in [5.41, 5.74) is 2.09. The van der Waals surface area contributed by atoms with Crippen LogP contribution in [0.3, 0.4) is 0 Å². The third kappa shape index (κ3) is 8.70. The maximum atomic E-state index is 14.5. The smallest absolute Gasteiger partial charge is 0.274 e. The highest BCUT2D eigenvalue weighted by atomic mass is 32.2. The summed E-state index contributed by atoms with van der Waals surface area (Å²) in [7, 11) is -4.15. The van der Waals surface area contributed by atoms with Gasteiger partial charge in [-0.1, -0.05) is 98.8 Å². The molecule has 5 rings (SSSR count). The van der Waals surface area contributed by atoms with Crippen molar-refractivity contribution < 1.29 is 27.7 Å². The lowest BCUT2D eigenvalue weighted by atomic mass is 10.1. The molecule has 1 heterocycles. The number of hydrogen-bond acceptors (Lipinski definition) is 7.